The highest BCUT2D eigenvalue weighted by Gasteiger charge is 2.02. The number of rotatable bonds is 4. The molecule has 1 N–H and O–H groups in total. The summed E-state index contributed by atoms with van der Waals surface area (Å²) < 4.78 is 6.30. The highest BCUT2D eigenvalue weighted by Crippen LogP contribution is 1.95. The lowest BCUT2D eigenvalue weighted by Gasteiger charge is -2.10. The van der Waals surface area contributed by atoms with Crippen LogP contribution in [0.2, 0.25) is 0 Å². The van der Waals surface area contributed by atoms with Gasteiger partial charge in [0, 0.05) is 12.3 Å². The quantitative estimate of drug-likeness (QED) is 0.757. The van der Waals surface area contributed by atoms with Crippen molar-refractivity contribution in [1.82, 2.24) is 9.55 Å². The van der Waals surface area contributed by atoms with E-state index in [1.165, 1.54) is 12.3 Å². The summed E-state index contributed by atoms with van der Waals surface area (Å²) in [5.74, 6) is 0. The standard InChI is InChI=1S/C9H14N2O3/c1-3-7(2)14-6-11-8(12)4-5-10-9(11)13/h4-5,7H,3,6H2,1-2H3,(H,10,13). The molecule has 5 heteroatoms. The highest BCUT2D eigenvalue weighted by atomic mass is 16.5. The Morgan fingerprint density at radius 2 is 2.29 bits per heavy atom. The number of nitrogens with zero attached hydrogens (tertiary/aromatic N) is 1. The lowest BCUT2D eigenvalue weighted by Crippen LogP contribution is -2.35. The normalized spacial score (nSPS) is 12.7. The summed E-state index contributed by atoms with van der Waals surface area (Å²) in [6, 6.07) is 1.29. The van der Waals surface area contributed by atoms with Gasteiger partial charge in [-0.15, -0.1) is 0 Å². The van der Waals surface area contributed by atoms with Crippen LogP contribution in [0.1, 0.15) is 20.3 Å². The number of aromatic nitrogens is 2. The van der Waals surface area contributed by atoms with E-state index in [-0.39, 0.29) is 18.4 Å². The van der Waals surface area contributed by atoms with Crippen molar-refractivity contribution in [3.8, 4) is 0 Å². The minimum atomic E-state index is -0.444. The third-order valence-electron chi connectivity index (χ3n) is 2.01. The van der Waals surface area contributed by atoms with E-state index in [1.807, 2.05) is 13.8 Å². The van der Waals surface area contributed by atoms with E-state index < -0.39 is 5.69 Å². The summed E-state index contributed by atoms with van der Waals surface area (Å²) in [7, 11) is 0. The van der Waals surface area contributed by atoms with Crippen molar-refractivity contribution >= 4 is 0 Å². The molecule has 0 aliphatic rings. The number of hydrogen-bond donors (Lipinski definition) is 1. The van der Waals surface area contributed by atoms with Gasteiger partial charge in [0.25, 0.3) is 5.56 Å². The van der Waals surface area contributed by atoms with Crippen LogP contribution in [0.15, 0.2) is 21.9 Å². The van der Waals surface area contributed by atoms with Gasteiger partial charge < -0.3 is 9.72 Å². The van der Waals surface area contributed by atoms with Gasteiger partial charge in [-0.1, -0.05) is 6.92 Å². The van der Waals surface area contributed by atoms with Gasteiger partial charge >= 0.3 is 5.69 Å². The predicted molar refractivity (Wildman–Crippen MR) is 52.2 cm³/mol. The van der Waals surface area contributed by atoms with Crippen molar-refractivity contribution in [2.75, 3.05) is 0 Å². The summed E-state index contributed by atoms with van der Waals surface area (Å²) >= 11 is 0. The summed E-state index contributed by atoms with van der Waals surface area (Å²) in [5, 5.41) is 0. The average Bonchev–Trinajstić information content (AvgIpc) is 2.16. The van der Waals surface area contributed by atoms with Crippen molar-refractivity contribution < 1.29 is 4.74 Å². The SMILES string of the molecule is CCC(C)OCn1c(=O)cc[nH]c1=O. The van der Waals surface area contributed by atoms with E-state index in [4.69, 9.17) is 4.74 Å². The molecule has 0 aliphatic heterocycles. The largest absolute Gasteiger partial charge is 0.358 e. The summed E-state index contributed by atoms with van der Waals surface area (Å²) in [4.78, 5) is 24.8. The molecular weight excluding hydrogens is 184 g/mol. The van der Waals surface area contributed by atoms with Gasteiger partial charge in [0.05, 0.1) is 6.10 Å². The monoisotopic (exact) mass is 198 g/mol. The van der Waals surface area contributed by atoms with E-state index in [0.29, 0.717) is 0 Å². The van der Waals surface area contributed by atoms with Crippen molar-refractivity contribution in [3.05, 3.63) is 33.1 Å². The van der Waals surface area contributed by atoms with E-state index in [9.17, 15) is 9.59 Å². The Kier molecular flexibility index (Phi) is 3.64. The first kappa shape index (κ1) is 10.7. The van der Waals surface area contributed by atoms with Crippen LogP contribution in [0.4, 0.5) is 0 Å². The molecule has 14 heavy (non-hydrogen) atoms. The van der Waals surface area contributed by atoms with Crippen molar-refractivity contribution in [1.29, 1.82) is 0 Å². The topological polar surface area (TPSA) is 64.1 Å². The summed E-state index contributed by atoms with van der Waals surface area (Å²) in [6.45, 7) is 3.87. The van der Waals surface area contributed by atoms with Crippen LogP contribution in [0, 0.1) is 0 Å². The molecule has 1 atom stereocenters. The van der Waals surface area contributed by atoms with Crippen LogP contribution in [0.25, 0.3) is 0 Å². The second-order valence-corrected chi connectivity index (χ2v) is 3.06. The minimum Gasteiger partial charge on any atom is -0.358 e. The molecule has 1 rings (SSSR count). The van der Waals surface area contributed by atoms with Crippen molar-refractivity contribution in [2.45, 2.75) is 33.1 Å². The molecule has 1 heterocycles. The fraction of sp³-hybridized carbons (Fsp3) is 0.556. The second kappa shape index (κ2) is 4.76. The molecule has 0 amide bonds. The maximum atomic E-state index is 11.2. The third kappa shape index (κ3) is 2.56. The first-order valence-electron chi connectivity index (χ1n) is 4.55. The summed E-state index contributed by atoms with van der Waals surface area (Å²) in [5.41, 5.74) is -0.794. The molecule has 0 fully saturated rings. The second-order valence-electron chi connectivity index (χ2n) is 3.06. The lowest BCUT2D eigenvalue weighted by atomic mass is 10.3. The fourth-order valence-corrected chi connectivity index (χ4v) is 0.894. The van der Waals surface area contributed by atoms with Crippen molar-refractivity contribution in [2.24, 2.45) is 0 Å². The Labute approximate surface area is 81.3 Å². The molecule has 0 aliphatic carbocycles. The Hall–Kier alpha value is -1.36. The van der Waals surface area contributed by atoms with Crippen LogP contribution >= 0.6 is 0 Å². The number of nitrogens with one attached hydrogen (secondary N) is 1. The zero-order chi connectivity index (χ0) is 10.6. The minimum absolute atomic E-state index is 0.00398. The molecular formula is C9H14N2O3. The van der Waals surface area contributed by atoms with Gasteiger partial charge in [0.1, 0.15) is 6.73 Å². The predicted octanol–water partition coefficient (Wildman–Crippen LogP) is 0.309. The maximum absolute atomic E-state index is 11.2. The number of H-pyrrole nitrogens is 1. The highest BCUT2D eigenvalue weighted by molar-refractivity contribution is 4.81. The average molecular weight is 198 g/mol. The molecule has 0 radical (unpaired) electrons. The van der Waals surface area contributed by atoms with Gasteiger partial charge in [0.2, 0.25) is 0 Å². The smallest absolute Gasteiger partial charge is 0.330 e. The van der Waals surface area contributed by atoms with Crippen LogP contribution < -0.4 is 11.2 Å². The molecule has 0 saturated carbocycles. The molecule has 0 bridgehead atoms. The molecule has 78 valence electrons. The molecule has 0 saturated heterocycles. The van der Waals surface area contributed by atoms with E-state index >= 15 is 0 Å². The van der Waals surface area contributed by atoms with E-state index in [2.05, 4.69) is 4.98 Å². The van der Waals surface area contributed by atoms with Crippen molar-refractivity contribution in [3.63, 3.8) is 0 Å². The number of aromatic amines is 1. The molecule has 0 aromatic carbocycles. The first-order valence-corrected chi connectivity index (χ1v) is 4.55. The Balaban J connectivity index is 2.77. The fourth-order valence-electron chi connectivity index (χ4n) is 0.894. The van der Waals surface area contributed by atoms with Gasteiger partial charge in [-0.05, 0) is 13.3 Å². The third-order valence-corrected chi connectivity index (χ3v) is 2.01. The molecule has 5 nitrogen and oxygen atoms in total. The Bertz CT molecular complexity index is 365. The van der Waals surface area contributed by atoms with E-state index in [0.717, 1.165) is 11.0 Å². The Morgan fingerprint density at radius 1 is 1.57 bits per heavy atom. The van der Waals surface area contributed by atoms with Crippen LogP contribution in [-0.2, 0) is 11.5 Å². The molecule has 1 aromatic heterocycles. The summed E-state index contributed by atoms with van der Waals surface area (Å²) in [6.07, 6.45) is 2.21. The van der Waals surface area contributed by atoms with Gasteiger partial charge in [-0.25, -0.2) is 9.36 Å². The van der Waals surface area contributed by atoms with Crippen LogP contribution in [0.5, 0.6) is 0 Å². The van der Waals surface area contributed by atoms with Crippen LogP contribution in [-0.4, -0.2) is 15.7 Å². The molecule has 0 spiro atoms. The van der Waals surface area contributed by atoms with Gasteiger partial charge in [-0.3, -0.25) is 4.79 Å². The zero-order valence-corrected chi connectivity index (χ0v) is 8.32. The Morgan fingerprint density at radius 3 is 2.86 bits per heavy atom. The molecule has 1 aromatic rings. The van der Waals surface area contributed by atoms with Gasteiger partial charge in [0.15, 0.2) is 0 Å². The number of ether oxygens (including phenoxy) is 1. The maximum Gasteiger partial charge on any atom is 0.330 e. The van der Waals surface area contributed by atoms with E-state index in [1.54, 1.807) is 0 Å². The van der Waals surface area contributed by atoms with Crippen LogP contribution in [0.3, 0.4) is 0 Å². The first-order chi connectivity index (χ1) is 6.65. The zero-order valence-electron chi connectivity index (χ0n) is 8.32. The van der Waals surface area contributed by atoms with Gasteiger partial charge in [-0.2, -0.15) is 0 Å². The lowest BCUT2D eigenvalue weighted by molar-refractivity contribution is 0.0121. The number of hydrogen-bond acceptors (Lipinski definition) is 3. The molecule has 1 unspecified atom stereocenters.